The minimum Gasteiger partial charge on any atom is -0.496 e. The normalized spacial score (nSPS) is 18.1. The molecule has 0 spiro atoms. The number of hydrogen-bond donors (Lipinski definition) is 1. The van der Waals surface area contributed by atoms with Gasteiger partial charge in [-0.1, -0.05) is 31.5 Å². The number of methoxy groups -OCH3 is 1. The average Bonchev–Trinajstić information content (AvgIpc) is 3.09. The first-order chi connectivity index (χ1) is 12.1. The van der Waals surface area contributed by atoms with Crippen molar-refractivity contribution in [3.8, 4) is 5.75 Å². The first-order valence-corrected chi connectivity index (χ1v) is 9.49. The van der Waals surface area contributed by atoms with Gasteiger partial charge in [0.15, 0.2) is 5.96 Å². The molecule has 25 heavy (non-hydrogen) atoms. The zero-order valence-electron chi connectivity index (χ0n) is 15.9. The molecule has 0 saturated carbocycles. The highest BCUT2D eigenvalue weighted by Gasteiger charge is 2.25. The van der Waals surface area contributed by atoms with Crippen molar-refractivity contribution in [2.45, 2.75) is 26.8 Å². The fourth-order valence-electron chi connectivity index (χ4n) is 3.39. The molecule has 1 unspecified atom stereocenters. The van der Waals surface area contributed by atoms with E-state index in [0.717, 1.165) is 43.5 Å². The second-order valence-corrected chi connectivity index (χ2v) is 6.88. The van der Waals surface area contributed by atoms with Crippen LogP contribution in [0, 0.1) is 5.92 Å². The molecular weight excluding hydrogens is 336 g/mol. The summed E-state index contributed by atoms with van der Waals surface area (Å²) in [6, 6.07) is 5.73. The van der Waals surface area contributed by atoms with Gasteiger partial charge in [-0.3, -0.25) is 4.99 Å². The minimum atomic E-state index is 0.671. The molecule has 6 heteroatoms. The number of ether oxygens (including phenoxy) is 1. The van der Waals surface area contributed by atoms with Crippen LogP contribution in [0.1, 0.15) is 25.8 Å². The Labute approximate surface area is 157 Å². The molecule has 0 amide bonds. The summed E-state index contributed by atoms with van der Waals surface area (Å²) < 4.78 is 5.42. The van der Waals surface area contributed by atoms with Crippen molar-refractivity contribution < 1.29 is 4.74 Å². The molecule has 0 radical (unpaired) electrons. The van der Waals surface area contributed by atoms with Crippen LogP contribution in [0.25, 0.3) is 0 Å². The van der Waals surface area contributed by atoms with Crippen LogP contribution in [0.15, 0.2) is 23.2 Å². The van der Waals surface area contributed by atoms with E-state index in [4.69, 9.17) is 16.3 Å². The molecule has 1 N–H and O–H groups in total. The maximum atomic E-state index is 6.03. The largest absolute Gasteiger partial charge is 0.496 e. The lowest BCUT2D eigenvalue weighted by Gasteiger charge is -2.24. The van der Waals surface area contributed by atoms with Gasteiger partial charge in [-0.15, -0.1) is 0 Å². The summed E-state index contributed by atoms with van der Waals surface area (Å²) in [4.78, 5) is 9.32. The number of likely N-dealkylation sites (tertiary alicyclic amines) is 1. The molecular formula is C19H31ClN4O. The molecule has 0 aromatic heterocycles. The second-order valence-electron chi connectivity index (χ2n) is 6.44. The third kappa shape index (κ3) is 5.51. The summed E-state index contributed by atoms with van der Waals surface area (Å²) in [5.74, 6) is 2.47. The van der Waals surface area contributed by atoms with Gasteiger partial charge in [-0.2, -0.15) is 0 Å². The molecule has 1 saturated heterocycles. The Bertz CT molecular complexity index is 575. The Morgan fingerprint density at radius 3 is 2.80 bits per heavy atom. The van der Waals surface area contributed by atoms with Gasteiger partial charge in [0.2, 0.25) is 0 Å². The van der Waals surface area contributed by atoms with Gasteiger partial charge in [0, 0.05) is 43.8 Å². The molecule has 1 heterocycles. The van der Waals surface area contributed by atoms with E-state index in [1.54, 1.807) is 7.11 Å². The lowest BCUT2D eigenvalue weighted by molar-refractivity contribution is 0.255. The highest BCUT2D eigenvalue weighted by Crippen LogP contribution is 2.23. The van der Waals surface area contributed by atoms with Crippen molar-refractivity contribution in [2.75, 3.05) is 46.9 Å². The summed E-state index contributed by atoms with van der Waals surface area (Å²) in [6.45, 7) is 10.7. The number of halogens is 1. The summed E-state index contributed by atoms with van der Waals surface area (Å²) >= 11 is 6.03. The van der Waals surface area contributed by atoms with Crippen LogP contribution in [0.3, 0.4) is 0 Å². The van der Waals surface area contributed by atoms with E-state index in [1.807, 2.05) is 25.2 Å². The molecule has 1 aliphatic rings. The Balaban J connectivity index is 1.91. The first-order valence-electron chi connectivity index (χ1n) is 9.11. The van der Waals surface area contributed by atoms with Crippen LogP contribution in [0.2, 0.25) is 5.02 Å². The van der Waals surface area contributed by atoms with Gasteiger partial charge in [-0.25, -0.2) is 0 Å². The number of hydrogen-bond acceptors (Lipinski definition) is 3. The van der Waals surface area contributed by atoms with Crippen molar-refractivity contribution in [2.24, 2.45) is 10.9 Å². The van der Waals surface area contributed by atoms with Gasteiger partial charge >= 0.3 is 0 Å². The highest BCUT2D eigenvalue weighted by atomic mass is 35.5. The van der Waals surface area contributed by atoms with Crippen molar-refractivity contribution in [3.05, 3.63) is 28.8 Å². The predicted octanol–water partition coefficient (Wildman–Crippen LogP) is 3.09. The molecule has 0 bridgehead atoms. The number of guanidine groups is 1. The van der Waals surface area contributed by atoms with Gasteiger partial charge < -0.3 is 19.9 Å². The fourth-order valence-corrected chi connectivity index (χ4v) is 3.55. The Kier molecular flexibility index (Phi) is 7.85. The molecule has 140 valence electrons. The minimum absolute atomic E-state index is 0.671. The van der Waals surface area contributed by atoms with E-state index < -0.39 is 0 Å². The van der Waals surface area contributed by atoms with Crippen LogP contribution in [0.5, 0.6) is 5.75 Å². The Hall–Kier alpha value is -1.46. The van der Waals surface area contributed by atoms with E-state index in [-0.39, 0.29) is 0 Å². The van der Waals surface area contributed by atoms with E-state index in [9.17, 15) is 0 Å². The zero-order valence-corrected chi connectivity index (χ0v) is 16.6. The van der Waals surface area contributed by atoms with E-state index >= 15 is 0 Å². The molecule has 0 aliphatic carbocycles. The second kappa shape index (κ2) is 9.88. The molecule has 1 aromatic carbocycles. The summed E-state index contributed by atoms with van der Waals surface area (Å²) in [5.41, 5.74) is 1.08. The number of benzene rings is 1. The predicted molar refractivity (Wildman–Crippen MR) is 106 cm³/mol. The highest BCUT2D eigenvalue weighted by molar-refractivity contribution is 6.30. The van der Waals surface area contributed by atoms with Gasteiger partial charge in [0.25, 0.3) is 0 Å². The summed E-state index contributed by atoms with van der Waals surface area (Å²) in [6.07, 6.45) is 1.22. The van der Waals surface area contributed by atoms with Crippen LogP contribution in [0.4, 0.5) is 0 Å². The molecule has 1 atom stereocenters. The van der Waals surface area contributed by atoms with E-state index in [1.165, 1.54) is 13.0 Å². The van der Waals surface area contributed by atoms with E-state index in [0.29, 0.717) is 17.5 Å². The van der Waals surface area contributed by atoms with Crippen molar-refractivity contribution >= 4 is 17.6 Å². The molecule has 1 fully saturated rings. The smallest absolute Gasteiger partial charge is 0.193 e. The molecule has 2 rings (SSSR count). The summed E-state index contributed by atoms with van der Waals surface area (Å²) in [5, 5.41) is 4.15. The lowest BCUT2D eigenvalue weighted by atomic mass is 10.1. The van der Waals surface area contributed by atoms with Crippen molar-refractivity contribution in [3.63, 3.8) is 0 Å². The topological polar surface area (TPSA) is 40.1 Å². The van der Waals surface area contributed by atoms with Crippen LogP contribution >= 0.6 is 11.6 Å². The first kappa shape index (κ1) is 19.9. The Morgan fingerprint density at radius 2 is 2.16 bits per heavy atom. The number of nitrogens with one attached hydrogen (secondary N) is 1. The summed E-state index contributed by atoms with van der Waals surface area (Å²) in [7, 11) is 3.52. The van der Waals surface area contributed by atoms with Gasteiger partial charge in [0.1, 0.15) is 5.75 Å². The third-order valence-electron chi connectivity index (χ3n) is 4.89. The number of nitrogens with zero attached hydrogens (tertiary/aromatic N) is 3. The molecule has 5 nitrogen and oxygen atoms in total. The Morgan fingerprint density at radius 1 is 1.40 bits per heavy atom. The molecule has 1 aliphatic heterocycles. The standard InChI is InChI=1S/C19H31ClN4O/c1-5-23(6-2)13-15-9-10-24(14-15)19(21-3)22-12-16-7-8-17(20)11-18(16)25-4/h7-8,11,15H,5-6,9-10,12-14H2,1-4H3,(H,21,22). The maximum absolute atomic E-state index is 6.03. The maximum Gasteiger partial charge on any atom is 0.193 e. The van der Waals surface area contributed by atoms with Gasteiger partial charge in [-0.05, 0) is 37.6 Å². The average molecular weight is 367 g/mol. The fraction of sp³-hybridized carbons (Fsp3) is 0.632. The monoisotopic (exact) mass is 366 g/mol. The van der Waals surface area contributed by atoms with Gasteiger partial charge in [0.05, 0.1) is 7.11 Å². The van der Waals surface area contributed by atoms with Crippen molar-refractivity contribution in [1.29, 1.82) is 0 Å². The number of aliphatic imine (C=N–C) groups is 1. The third-order valence-corrected chi connectivity index (χ3v) is 5.13. The van der Waals surface area contributed by atoms with Crippen LogP contribution in [-0.2, 0) is 6.54 Å². The SMILES string of the molecule is CCN(CC)CC1CCN(C(=NC)NCc2ccc(Cl)cc2OC)C1. The lowest BCUT2D eigenvalue weighted by Crippen LogP contribution is -2.40. The van der Waals surface area contributed by atoms with Crippen molar-refractivity contribution in [1.82, 2.24) is 15.1 Å². The van der Waals surface area contributed by atoms with E-state index in [2.05, 4.69) is 34.0 Å². The quantitative estimate of drug-likeness (QED) is 0.594. The van der Waals surface area contributed by atoms with Crippen LogP contribution in [-0.4, -0.2) is 62.6 Å². The molecule has 1 aromatic rings. The van der Waals surface area contributed by atoms with Crippen LogP contribution < -0.4 is 10.1 Å². The number of rotatable bonds is 7. The zero-order chi connectivity index (χ0) is 18.2.